The number of amides is 1. The topological polar surface area (TPSA) is 110 Å². The van der Waals surface area contributed by atoms with Crippen molar-refractivity contribution in [2.24, 2.45) is 0 Å². The van der Waals surface area contributed by atoms with Gasteiger partial charge in [0, 0.05) is 13.1 Å². The summed E-state index contributed by atoms with van der Waals surface area (Å²) in [6, 6.07) is 25.5. The van der Waals surface area contributed by atoms with Crippen LogP contribution < -0.4 is 9.67 Å². The summed E-state index contributed by atoms with van der Waals surface area (Å²) in [4.78, 5) is 13.0. The Kier molecular flexibility index (Phi) is 7.15. The number of hydrogen-bond donors (Lipinski definition) is 4. The largest absolute Gasteiger partial charge is 0.298 e. The molecule has 1 amide bonds. The SMILES string of the molecule is CC(=O)Nc1ccc([As](=O)(O)O)c(O)c1.CN1Cc2cccc(-c3cccc4ccccc34)c2C1. The maximum Gasteiger partial charge on any atom is 0.0243 e. The van der Waals surface area contributed by atoms with Crippen LogP contribution >= 0.6 is 0 Å². The van der Waals surface area contributed by atoms with Gasteiger partial charge < -0.3 is 0 Å². The molecule has 1 heterocycles. The maximum absolute atomic E-state index is 10.9. The van der Waals surface area contributed by atoms with Gasteiger partial charge in [-0.1, -0.05) is 60.7 Å². The normalized spacial score (nSPS) is 13.1. The minimum atomic E-state index is -5.09. The van der Waals surface area contributed by atoms with Crippen molar-refractivity contribution in [1.82, 2.24) is 4.90 Å². The zero-order valence-electron chi connectivity index (χ0n) is 19.5. The molecule has 0 bridgehead atoms. The summed E-state index contributed by atoms with van der Waals surface area (Å²) < 4.78 is 28.2. The number of phenolic OH excluding ortho intramolecular Hbond substituents is 1. The van der Waals surface area contributed by atoms with E-state index < -0.39 is 24.3 Å². The molecule has 180 valence electrons. The number of carbonyl (C=O) groups excluding carboxylic acids is 1. The molecule has 7 nitrogen and oxygen atoms in total. The number of carbonyl (C=O) groups is 1. The van der Waals surface area contributed by atoms with Crippen molar-refractivity contribution in [3.05, 3.63) is 90.0 Å². The van der Waals surface area contributed by atoms with Gasteiger partial charge in [-0.3, -0.25) is 4.90 Å². The van der Waals surface area contributed by atoms with E-state index in [0.717, 1.165) is 25.2 Å². The first-order valence-corrected chi connectivity index (χ1v) is 14.5. The summed E-state index contributed by atoms with van der Waals surface area (Å²) in [5.41, 5.74) is 6.00. The fourth-order valence-electron chi connectivity index (χ4n) is 4.35. The van der Waals surface area contributed by atoms with Crippen LogP contribution in [0.1, 0.15) is 18.1 Å². The minimum absolute atomic E-state index is 0.285. The third-order valence-electron chi connectivity index (χ3n) is 5.83. The second kappa shape index (κ2) is 10.1. The number of aromatic hydroxyl groups is 1. The molecule has 4 N–H and O–H groups in total. The summed E-state index contributed by atoms with van der Waals surface area (Å²) in [6.07, 6.45) is 0. The molecule has 5 rings (SSSR count). The average Bonchev–Trinajstić information content (AvgIpc) is 3.18. The fraction of sp³-hybridized carbons (Fsp3) is 0.148. The van der Waals surface area contributed by atoms with Gasteiger partial charge >= 0.3 is 88.1 Å². The summed E-state index contributed by atoms with van der Waals surface area (Å²) >= 11 is -5.09. The molecule has 0 aliphatic carbocycles. The Hall–Kier alpha value is -3.35. The summed E-state index contributed by atoms with van der Waals surface area (Å²) in [5, 5.41) is 14.3. The third kappa shape index (κ3) is 5.66. The molecule has 0 aromatic heterocycles. The quantitative estimate of drug-likeness (QED) is 0.300. The van der Waals surface area contributed by atoms with Crippen LogP contribution in [0.5, 0.6) is 5.75 Å². The van der Waals surface area contributed by atoms with Gasteiger partial charge in [0.15, 0.2) is 0 Å². The van der Waals surface area contributed by atoms with Crippen LogP contribution in [0.2, 0.25) is 0 Å². The van der Waals surface area contributed by atoms with Gasteiger partial charge in [-0.05, 0) is 40.1 Å². The van der Waals surface area contributed by atoms with Crippen LogP contribution in [0.4, 0.5) is 5.69 Å². The fourth-order valence-corrected chi connectivity index (χ4v) is 5.67. The predicted octanol–water partition coefficient (Wildman–Crippen LogP) is 3.36. The molecule has 1 aliphatic rings. The van der Waals surface area contributed by atoms with E-state index in [1.165, 1.54) is 46.0 Å². The van der Waals surface area contributed by atoms with Gasteiger partial charge in [-0.2, -0.15) is 0 Å². The van der Waals surface area contributed by atoms with Crippen molar-refractivity contribution >= 4 is 40.9 Å². The molecule has 4 aromatic rings. The molecule has 35 heavy (non-hydrogen) atoms. The van der Waals surface area contributed by atoms with Crippen molar-refractivity contribution < 1.29 is 21.8 Å². The first-order chi connectivity index (χ1) is 16.6. The third-order valence-corrected chi connectivity index (χ3v) is 7.94. The molecule has 4 aromatic carbocycles. The average molecular weight is 534 g/mol. The Labute approximate surface area is 206 Å². The van der Waals surface area contributed by atoms with E-state index in [-0.39, 0.29) is 11.6 Å². The van der Waals surface area contributed by atoms with Gasteiger partial charge in [0.25, 0.3) is 0 Å². The van der Waals surface area contributed by atoms with Crippen LogP contribution in [0.25, 0.3) is 21.9 Å². The standard InChI is InChI=1S/C19H17N.C8H10AsNO5/c1-20-12-15-8-5-11-18(19(15)13-20)17-10-4-7-14-6-2-3-9-16(14)17;1-5(11)10-6-2-3-7(8(12)4-6)9(13,14)15/h2-11H,12-13H2,1H3;2-4,12H,1H3,(H,10,11)(H2,13,14,15). The zero-order chi connectivity index (χ0) is 25.2. The smallest absolute Gasteiger partial charge is 0.0243 e. The van der Waals surface area contributed by atoms with Crippen LogP contribution in [-0.2, 0) is 21.6 Å². The Morgan fingerprint density at radius 3 is 2.31 bits per heavy atom. The van der Waals surface area contributed by atoms with Gasteiger partial charge in [0.1, 0.15) is 0 Å². The van der Waals surface area contributed by atoms with Gasteiger partial charge in [0.05, 0.1) is 0 Å². The number of nitrogens with zero attached hydrogens (tertiary/aromatic N) is 1. The minimum Gasteiger partial charge on any atom is -0.298 e. The Morgan fingerprint density at radius 2 is 1.60 bits per heavy atom. The van der Waals surface area contributed by atoms with E-state index >= 15 is 0 Å². The number of anilines is 1. The number of nitrogens with one attached hydrogen (secondary N) is 1. The first-order valence-electron chi connectivity index (χ1n) is 11.1. The number of phenols is 1. The van der Waals surface area contributed by atoms with Crippen molar-refractivity contribution in [3.63, 3.8) is 0 Å². The second-order valence-electron chi connectivity index (χ2n) is 8.57. The van der Waals surface area contributed by atoms with Crippen LogP contribution in [0.15, 0.2) is 78.9 Å². The van der Waals surface area contributed by atoms with Crippen molar-refractivity contribution in [2.45, 2.75) is 20.0 Å². The van der Waals surface area contributed by atoms with E-state index in [9.17, 15) is 13.6 Å². The van der Waals surface area contributed by atoms with E-state index in [2.05, 4.69) is 77.9 Å². The molecule has 0 saturated heterocycles. The Bertz CT molecular complexity index is 1440. The van der Waals surface area contributed by atoms with Gasteiger partial charge in [-0.25, -0.2) is 0 Å². The van der Waals surface area contributed by atoms with Crippen molar-refractivity contribution in [3.8, 4) is 16.9 Å². The maximum atomic E-state index is 10.9. The van der Waals surface area contributed by atoms with E-state index in [1.54, 1.807) is 0 Å². The Morgan fingerprint density at radius 1 is 0.914 bits per heavy atom. The van der Waals surface area contributed by atoms with Crippen molar-refractivity contribution in [2.75, 3.05) is 12.4 Å². The predicted molar refractivity (Wildman–Crippen MR) is 137 cm³/mol. The number of fused-ring (bicyclic) bond motifs is 2. The summed E-state index contributed by atoms with van der Waals surface area (Å²) in [5.74, 6) is -0.850. The van der Waals surface area contributed by atoms with E-state index in [4.69, 9.17) is 8.19 Å². The number of hydrogen-bond acceptors (Lipinski definition) is 4. The summed E-state index contributed by atoms with van der Waals surface area (Å²) in [6.45, 7) is 3.40. The van der Waals surface area contributed by atoms with Crippen LogP contribution in [0.3, 0.4) is 0 Å². The molecular formula is C27H27AsN2O5. The van der Waals surface area contributed by atoms with E-state index in [1.807, 2.05) is 0 Å². The first kappa shape index (κ1) is 24.8. The summed E-state index contributed by atoms with van der Waals surface area (Å²) in [7, 11) is 2.19. The van der Waals surface area contributed by atoms with Gasteiger partial charge in [-0.15, -0.1) is 0 Å². The second-order valence-corrected chi connectivity index (χ2v) is 11.9. The van der Waals surface area contributed by atoms with Crippen LogP contribution in [-0.4, -0.2) is 45.3 Å². The van der Waals surface area contributed by atoms with Gasteiger partial charge in [0.2, 0.25) is 0 Å². The molecule has 1 aliphatic heterocycles. The van der Waals surface area contributed by atoms with E-state index in [0.29, 0.717) is 0 Å². The monoisotopic (exact) mass is 534 g/mol. The molecular weight excluding hydrogens is 507 g/mol. The number of rotatable bonds is 3. The van der Waals surface area contributed by atoms with Crippen LogP contribution in [0, 0.1) is 0 Å². The number of benzene rings is 4. The molecule has 0 spiro atoms. The molecule has 0 atom stereocenters. The van der Waals surface area contributed by atoms with Crippen molar-refractivity contribution in [1.29, 1.82) is 0 Å². The molecule has 0 unspecified atom stereocenters. The molecule has 8 heteroatoms. The molecule has 0 saturated carbocycles. The molecule has 0 radical (unpaired) electrons. The molecule has 0 fully saturated rings. The zero-order valence-corrected chi connectivity index (χ0v) is 21.3. The Balaban J connectivity index is 0.000000174.